The van der Waals surface area contributed by atoms with Crippen LogP contribution in [0.1, 0.15) is 30.9 Å². The van der Waals surface area contributed by atoms with Crippen molar-refractivity contribution in [3.05, 3.63) is 40.7 Å². The Balaban J connectivity index is 3.37. The van der Waals surface area contributed by atoms with Gasteiger partial charge in [-0.15, -0.1) is 0 Å². The molecule has 0 aliphatic rings. The van der Waals surface area contributed by atoms with Crippen LogP contribution in [0.5, 0.6) is 0 Å². The van der Waals surface area contributed by atoms with Crippen LogP contribution in [0.4, 0.5) is 18.9 Å². The first-order valence-electron chi connectivity index (χ1n) is 4.45. The Morgan fingerprint density at radius 1 is 1.27 bits per heavy atom. The molecule has 1 nitrogen and oxygen atoms in total. The highest BCUT2D eigenvalue weighted by atomic mass is 19.4. The topological polar surface area (TPSA) is 4.36 Å². The van der Waals surface area contributed by atoms with Gasteiger partial charge in [-0.25, -0.2) is 4.85 Å². The molecule has 4 heteroatoms. The van der Waals surface area contributed by atoms with Crippen molar-refractivity contribution in [1.82, 2.24) is 0 Å². The van der Waals surface area contributed by atoms with Gasteiger partial charge in [0.15, 0.2) is 5.69 Å². The van der Waals surface area contributed by atoms with Gasteiger partial charge in [0, 0.05) is 5.56 Å². The summed E-state index contributed by atoms with van der Waals surface area (Å²) in [5.74, 6) is -0.207. The minimum Gasteiger partial charge on any atom is -0.238 e. The third kappa shape index (κ3) is 2.50. The smallest absolute Gasteiger partial charge is 0.238 e. The highest BCUT2D eigenvalue weighted by molar-refractivity contribution is 5.51. The van der Waals surface area contributed by atoms with Crippen LogP contribution in [0.15, 0.2) is 18.2 Å². The molecule has 0 unspecified atom stereocenters. The SMILES string of the molecule is [C-]#[N+]c1ccc(C(C)C)c(C(F)(F)F)c1. The molecule has 0 bridgehead atoms. The van der Waals surface area contributed by atoms with Crippen LogP contribution in [0.25, 0.3) is 4.85 Å². The Morgan fingerprint density at radius 2 is 1.87 bits per heavy atom. The van der Waals surface area contributed by atoms with Gasteiger partial charge in [0.2, 0.25) is 0 Å². The molecule has 0 aliphatic carbocycles. The van der Waals surface area contributed by atoms with E-state index in [-0.39, 0.29) is 17.2 Å². The zero-order valence-corrected chi connectivity index (χ0v) is 8.39. The van der Waals surface area contributed by atoms with Crippen LogP contribution in [-0.4, -0.2) is 0 Å². The standard InChI is InChI=1S/C11H10F3N/c1-7(2)9-5-4-8(15-3)6-10(9)11(12,13)14/h4-7H,1-2H3. The number of halogens is 3. The van der Waals surface area contributed by atoms with Gasteiger partial charge in [-0.2, -0.15) is 13.2 Å². The highest BCUT2D eigenvalue weighted by Gasteiger charge is 2.33. The van der Waals surface area contributed by atoms with Crippen LogP contribution in [0, 0.1) is 6.57 Å². The number of rotatable bonds is 1. The minimum atomic E-state index is -4.39. The lowest BCUT2D eigenvalue weighted by Gasteiger charge is -2.15. The third-order valence-electron chi connectivity index (χ3n) is 2.09. The van der Waals surface area contributed by atoms with Crippen molar-refractivity contribution in [2.75, 3.05) is 0 Å². The fourth-order valence-electron chi connectivity index (χ4n) is 1.36. The maximum absolute atomic E-state index is 12.6. The van der Waals surface area contributed by atoms with Crippen molar-refractivity contribution in [3.8, 4) is 0 Å². The van der Waals surface area contributed by atoms with E-state index in [9.17, 15) is 13.2 Å². The molecule has 0 aliphatic heterocycles. The number of nitrogens with zero attached hydrogens (tertiary/aromatic N) is 1. The number of benzene rings is 1. The predicted molar refractivity (Wildman–Crippen MR) is 51.8 cm³/mol. The van der Waals surface area contributed by atoms with Crippen LogP contribution < -0.4 is 0 Å². The second-order valence-electron chi connectivity index (χ2n) is 3.54. The van der Waals surface area contributed by atoms with Gasteiger partial charge in [-0.1, -0.05) is 26.0 Å². The van der Waals surface area contributed by atoms with Crippen molar-refractivity contribution in [2.45, 2.75) is 25.9 Å². The summed E-state index contributed by atoms with van der Waals surface area (Å²) >= 11 is 0. The van der Waals surface area contributed by atoms with Gasteiger partial charge in [-0.05, 0) is 17.5 Å². The van der Waals surface area contributed by atoms with E-state index in [2.05, 4.69) is 4.85 Å². The predicted octanol–water partition coefficient (Wildman–Crippen LogP) is 4.38. The van der Waals surface area contributed by atoms with Crippen LogP contribution in [-0.2, 0) is 6.18 Å². The maximum atomic E-state index is 12.6. The molecule has 1 aromatic rings. The van der Waals surface area contributed by atoms with E-state index in [1.54, 1.807) is 13.8 Å². The Kier molecular flexibility index (Phi) is 3.04. The molecule has 80 valence electrons. The Labute approximate surface area is 86.4 Å². The number of hydrogen-bond donors (Lipinski definition) is 0. The number of hydrogen-bond acceptors (Lipinski definition) is 0. The molecule has 0 amide bonds. The molecule has 0 saturated carbocycles. The Bertz CT molecular complexity index is 399. The summed E-state index contributed by atoms with van der Waals surface area (Å²) in [5, 5.41) is 0. The Morgan fingerprint density at radius 3 is 2.27 bits per heavy atom. The first-order chi connectivity index (χ1) is 6.86. The van der Waals surface area contributed by atoms with E-state index in [1.165, 1.54) is 12.1 Å². The summed E-state index contributed by atoms with van der Waals surface area (Å²) in [6.07, 6.45) is -4.39. The molecule has 0 saturated heterocycles. The Hall–Kier alpha value is -1.50. The summed E-state index contributed by atoms with van der Waals surface area (Å²) in [7, 11) is 0. The van der Waals surface area contributed by atoms with Crippen LogP contribution >= 0.6 is 0 Å². The molecule has 0 N–H and O–H groups in total. The summed E-state index contributed by atoms with van der Waals surface area (Å²) in [6.45, 7) is 10.1. The van der Waals surface area contributed by atoms with Gasteiger partial charge in [0.05, 0.1) is 6.57 Å². The first-order valence-corrected chi connectivity index (χ1v) is 4.45. The molecule has 1 rings (SSSR count). The lowest BCUT2D eigenvalue weighted by atomic mass is 9.96. The first kappa shape index (κ1) is 11.6. The zero-order valence-electron chi connectivity index (χ0n) is 8.39. The maximum Gasteiger partial charge on any atom is 0.415 e. The zero-order chi connectivity index (χ0) is 11.6. The van der Waals surface area contributed by atoms with Crippen molar-refractivity contribution in [1.29, 1.82) is 0 Å². The average Bonchev–Trinajstić information content (AvgIpc) is 2.15. The molecular weight excluding hydrogens is 203 g/mol. The van der Waals surface area contributed by atoms with Crippen molar-refractivity contribution in [3.63, 3.8) is 0 Å². The van der Waals surface area contributed by atoms with Crippen molar-refractivity contribution < 1.29 is 13.2 Å². The molecule has 0 heterocycles. The second-order valence-corrected chi connectivity index (χ2v) is 3.54. The minimum absolute atomic E-state index is 0.0201. The molecule has 0 radical (unpaired) electrons. The van der Waals surface area contributed by atoms with Gasteiger partial charge >= 0.3 is 6.18 Å². The van der Waals surface area contributed by atoms with E-state index in [4.69, 9.17) is 6.57 Å². The fraction of sp³-hybridized carbons (Fsp3) is 0.364. The molecule has 0 fully saturated rings. The summed E-state index contributed by atoms with van der Waals surface area (Å²) in [6, 6.07) is 3.70. The molecule has 0 atom stereocenters. The van der Waals surface area contributed by atoms with E-state index < -0.39 is 11.7 Å². The molecule has 15 heavy (non-hydrogen) atoms. The van der Waals surface area contributed by atoms with E-state index in [1.807, 2.05) is 0 Å². The quantitative estimate of drug-likeness (QED) is 0.610. The average molecular weight is 213 g/mol. The lowest BCUT2D eigenvalue weighted by Crippen LogP contribution is -2.09. The molecular formula is C11H10F3N. The highest BCUT2D eigenvalue weighted by Crippen LogP contribution is 2.37. The summed E-state index contributed by atoms with van der Waals surface area (Å²) in [4.78, 5) is 3.00. The second kappa shape index (κ2) is 3.93. The largest absolute Gasteiger partial charge is 0.415 e. The fourth-order valence-corrected chi connectivity index (χ4v) is 1.36. The van der Waals surface area contributed by atoms with E-state index in [0.717, 1.165) is 6.07 Å². The summed E-state index contributed by atoms with van der Waals surface area (Å²) in [5.41, 5.74) is -0.451. The molecule has 1 aromatic carbocycles. The van der Waals surface area contributed by atoms with E-state index >= 15 is 0 Å². The van der Waals surface area contributed by atoms with E-state index in [0.29, 0.717) is 0 Å². The molecule has 0 aromatic heterocycles. The van der Waals surface area contributed by atoms with Crippen LogP contribution in [0.3, 0.4) is 0 Å². The van der Waals surface area contributed by atoms with Crippen molar-refractivity contribution in [2.24, 2.45) is 0 Å². The van der Waals surface area contributed by atoms with Gasteiger partial charge in [0.1, 0.15) is 0 Å². The number of alkyl halides is 3. The third-order valence-corrected chi connectivity index (χ3v) is 2.09. The van der Waals surface area contributed by atoms with Gasteiger partial charge in [0.25, 0.3) is 0 Å². The van der Waals surface area contributed by atoms with Gasteiger partial charge < -0.3 is 0 Å². The molecule has 0 spiro atoms. The monoisotopic (exact) mass is 213 g/mol. The lowest BCUT2D eigenvalue weighted by molar-refractivity contribution is -0.138. The van der Waals surface area contributed by atoms with Gasteiger partial charge in [-0.3, -0.25) is 0 Å². The normalized spacial score (nSPS) is 11.5. The summed E-state index contributed by atoms with van der Waals surface area (Å²) < 4.78 is 37.9. The van der Waals surface area contributed by atoms with Crippen molar-refractivity contribution >= 4 is 5.69 Å². The van der Waals surface area contributed by atoms with Crippen LogP contribution in [0.2, 0.25) is 0 Å².